The highest BCUT2D eigenvalue weighted by Crippen LogP contribution is 2.30. The Morgan fingerprint density at radius 2 is 1.90 bits per heavy atom. The summed E-state index contributed by atoms with van der Waals surface area (Å²) in [6.07, 6.45) is 0. The van der Waals surface area contributed by atoms with Gasteiger partial charge in [0.15, 0.2) is 0 Å². The lowest BCUT2D eigenvalue weighted by atomic mass is 10.2. The average molecular weight is 339 g/mol. The second-order valence-corrected chi connectivity index (χ2v) is 5.44. The SMILES string of the molecule is COc1cc(N(C)Cc2ccc(Br)cc2)c(F)cc1N. The number of nitrogen functional groups attached to an aromatic ring is 1. The summed E-state index contributed by atoms with van der Waals surface area (Å²) in [5.74, 6) is 0.118. The number of hydrogen-bond donors (Lipinski definition) is 1. The van der Waals surface area contributed by atoms with Crippen LogP contribution in [0.25, 0.3) is 0 Å². The number of halogens is 2. The predicted molar refractivity (Wildman–Crippen MR) is 83.6 cm³/mol. The zero-order valence-electron chi connectivity index (χ0n) is 11.4. The Balaban J connectivity index is 2.24. The van der Waals surface area contributed by atoms with Crippen LogP contribution in [0.5, 0.6) is 5.75 Å². The number of nitrogens with zero attached hydrogens (tertiary/aromatic N) is 1. The lowest BCUT2D eigenvalue weighted by Crippen LogP contribution is -2.18. The van der Waals surface area contributed by atoms with E-state index in [1.165, 1.54) is 13.2 Å². The first-order valence-electron chi connectivity index (χ1n) is 6.10. The Kier molecular flexibility index (Phi) is 4.49. The Morgan fingerprint density at radius 1 is 1.25 bits per heavy atom. The quantitative estimate of drug-likeness (QED) is 0.861. The third-order valence-electron chi connectivity index (χ3n) is 3.04. The van der Waals surface area contributed by atoms with Crippen LogP contribution in [0.1, 0.15) is 5.56 Å². The van der Waals surface area contributed by atoms with Gasteiger partial charge in [0.25, 0.3) is 0 Å². The molecule has 2 rings (SSSR count). The topological polar surface area (TPSA) is 38.5 Å². The maximum Gasteiger partial charge on any atom is 0.148 e. The van der Waals surface area contributed by atoms with Gasteiger partial charge in [-0.1, -0.05) is 28.1 Å². The van der Waals surface area contributed by atoms with E-state index in [0.717, 1.165) is 10.0 Å². The number of methoxy groups -OCH3 is 1. The van der Waals surface area contributed by atoms with Gasteiger partial charge in [0.1, 0.15) is 11.6 Å². The molecule has 0 amide bonds. The standard InChI is InChI=1S/C15H16BrFN2O/c1-19(9-10-3-5-11(16)6-4-10)14-8-15(20-2)13(18)7-12(14)17/h3-8H,9,18H2,1-2H3. The van der Waals surface area contributed by atoms with E-state index in [9.17, 15) is 4.39 Å². The van der Waals surface area contributed by atoms with Gasteiger partial charge in [0, 0.05) is 30.2 Å². The third-order valence-corrected chi connectivity index (χ3v) is 3.57. The van der Waals surface area contributed by atoms with Gasteiger partial charge in [-0.3, -0.25) is 0 Å². The van der Waals surface area contributed by atoms with Gasteiger partial charge >= 0.3 is 0 Å². The van der Waals surface area contributed by atoms with Crippen LogP contribution in [0.15, 0.2) is 40.9 Å². The van der Waals surface area contributed by atoms with Gasteiger partial charge in [0.2, 0.25) is 0 Å². The Hall–Kier alpha value is -1.75. The summed E-state index contributed by atoms with van der Waals surface area (Å²) in [4.78, 5) is 1.82. The normalized spacial score (nSPS) is 10.4. The molecule has 0 aliphatic rings. The van der Waals surface area contributed by atoms with Crippen LogP contribution < -0.4 is 15.4 Å². The molecule has 20 heavy (non-hydrogen) atoms. The van der Waals surface area contributed by atoms with Gasteiger partial charge in [-0.2, -0.15) is 0 Å². The maximum atomic E-state index is 14.0. The van der Waals surface area contributed by atoms with Crippen molar-refractivity contribution in [1.82, 2.24) is 0 Å². The van der Waals surface area contributed by atoms with Crippen LogP contribution in [0.2, 0.25) is 0 Å². The van der Waals surface area contributed by atoms with E-state index in [4.69, 9.17) is 10.5 Å². The Bertz CT molecular complexity index is 602. The van der Waals surface area contributed by atoms with Crippen LogP contribution in [0.3, 0.4) is 0 Å². The highest BCUT2D eigenvalue weighted by Gasteiger charge is 2.12. The Labute approximate surface area is 126 Å². The molecule has 0 saturated carbocycles. The lowest BCUT2D eigenvalue weighted by Gasteiger charge is -2.21. The molecule has 5 heteroatoms. The molecule has 0 aliphatic heterocycles. The van der Waals surface area contributed by atoms with Crippen molar-refractivity contribution in [2.45, 2.75) is 6.54 Å². The summed E-state index contributed by atoms with van der Waals surface area (Å²) in [5, 5.41) is 0. The second kappa shape index (κ2) is 6.13. The lowest BCUT2D eigenvalue weighted by molar-refractivity contribution is 0.416. The molecule has 0 radical (unpaired) electrons. The van der Waals surface area contributed by atoms with Crippen molar-refractivity contribution in [3.05, 3.63) is 52.3 Å². The fraction of sp³-hybridized carbons (Fsp3) is 0.200. The molecule has 0 heterocycles. The molecule has 0 unspecified atom stereocenters. The summed E-state index contributed by atoms with van der Waals surface area (Å²) >= 11 is 3.39. The molecule has 0 aliphatic carbocycles. The molecular formula is C15H16BrFN2O. The minimum Gasteiger partial charge on any atom is -0.495 e. The van der Waals surface area contributed by atoms with Crippen molar-refractivity contribution in [2.24, 2.45) is 0 Å². The van der Waals surface area contributed by atoms with E-state index < -0.39 is 0 Å². The molecule has 3 nitrogen and oxygen atoms in total. The number of rotatable bonds is 4. The van der Waals surface area contributed by atoms with Gasteiger partial charge in [-0.05, 0) is 17.7 Å². The number of anilines is 2. The molecule has 0 bridgehead atoms. The van der Waals surface area contributed by atoms with E-state index in [1.54, 1.807) is 6.07 Å². The first-order chi connectivity index (χ1) is 9.51. The second-order valence-electron chi connectivity index (χ2n) is 4.53. The van der Waals surface area contributed by atoms with Gasteiger partial charge in [-0.15, -0.1) is 0 Å². The van der Waals surface area contributed by atoms with E-state index in [2.05, 4.69) is 15.9 Å². The van der Waals surface area contributed by atoms with Crippen LogP contribution in [0, 0.1) is 5.82 Å². The van der Waals surface area contributed by atoms with Crippen molar-refractivity contribution < 1.29 is 9.13 Å². The van der Waals surface area contributed by atoms with Crippen LogP contribution in [0.4, 0.5) is 15.8 Å². The highest BCUT2D eigenvalue weighted by molar-refractivity contribution is 9.10. The largest absolute Gasteiger partial charge is 0.495 e. The third kappa shape index (κ3) is 3.22. The molecule has 0 spiro atoms. The van der Waals surface area contributed by atoms with E-state index in [0.29, 0.717) is 23.7 Å². The zero-order valence-corrected chi connectivity index (χ0v) is 12.9. The maximum absolute atomic E-state index is 14.0. The zero-order chi connectivity index (χ0) is 14.7. The first kappa shape index (κ1) is 14.7. The summed E-state index contributed by atoms with van der Waals surface area (Å²) < 4.78 is 20.1. The molecule has 0 saturated heterocycles. The fourth-order valence-electron chi connectivity index (χ4n) is 1.98. The van der Waals surface area contributed by atoms with Gasteiger partial charge in [0.05, 0.1) is 18.5 Å². The monoisotopic (exact) mass is 338 g/mol. The van der Waals surface area contributed by atoms with Gasteiger partial charge in [-0.25, -0.2) is 4.39 Å². The molecule has 106 valence electrons. The van der Waals surface area contributed by atoms with E-state index >= 15 is 0 Å². The summed E-state index contributed by atoms with van der Waals surface area (Å²) in [5.41, 5.74) is 7.52. The van der Waals surface area contributed by atoms with Crippen molar-refractivity contribution >= 4 is 27.3 Å². The minimum atomic E-state index is -0.358. The molecule has 2 aromatic carbocycles. The van der Waals surface area contributed by atoms with Crippen molar-refractivity contribution in [1.29, 1.82) is 0 Å². The fourth-order valence-corrected chi connectivity index (χ4v) is 2.24. The van der Waals surface area contributed by atoms with E-state index in [1.807, 2.05) is 36.2 Å². The molecule has 2 aromatic rings. The molecule has 0 atom stereocenters. The van der Waals surface area contributed by atoms with Crippen molar-refractivity contribution in [3.8, 4) is 5.75 Å². The molecule has 2 N–H and O–H groups in total. The number of hydrogen-bond acceptors (Lipinski definition) is 3. The number of ether oxygens (including phenoxy) is 1. The average Bonchev–Trinajstić information content (AvgIpc) is 2.41. The number of benzene rings is 2. The van der Waals surface area contributed by atoms with Crippen molar-refractivity contribution in [3.63, 3.8) is 0 Å². The molecule has 0 fully saturated rings. The van der Waals surface area contributed by atoms with Crippen LogP contribution in [-0.2, 0) is 6.54 Å². The number of nitrogens with two attached hydrogens (primary N) is 1. The summed E-state index contributed by atoms with van der Waals surface area (Å²) in [7, 11) is 3.35. The molecule has 0 aromatic heterocycles. The molecular weight excluding hydrogens is 323 g/mol. The van der Waals surface area contributed by atoms with Crippen molar-refractivity contribution in [2.75, 3.05) is 24.8 Å². The van der Waals surface area contributed by atoms with Crippen LogP contribution in [-0.4, -0.2) is 14.2 Å². The smallest absolute Gasteiger partial charge is 0.148 e. The van der Waals surface area contributed by atoms with E-state index in [-0.39, 0.29) is 5.82 Å². The Morgan fingerprint density at radius 3 is 2.50 bits per heavy atom. The first-order valence-corrected chi connectivity index (χ1v) is 6.89. The van der Waals surface area contributed by atoms with Gasteiger partial charge < -0.3 is 15.4 Å². The highest BCUT2D eigenvalue weighted by atomic mass is 79.9. The predicted octanol–water partition coefficient (Wildman–Crippen LogP) is 3.82. The minimum absolute atomic E-state index is 0.297. The summed E-state index contributed by atoms with van der Waals surface area (Å²) in [6.45, 7) is 0.595. The van der Waals surface area contributed by atoms with Crippen LogP contribution >= 0.6 is 15.9 Å². The summed E-state index contributed by atoms with van der Waals surface area (Å²) in [6, 6.07) is 10.8.